The van der Waals surface area contributed by atoms with Crippen LogP contribution in [0.15, 0.2) is 24.3 Å². The van der Waals surface area contributed by atoms with Gasteiger partial charge in [0, 0.05) is 25.1 Å². The lowest BCUT2D eigenvalue weighted by atomic mass is 9.95. The fraction of sp³-hybridized carbons (Fsp3) is 0.529. The van der Waals surface area contributed by atoms with Gasteiger partial charge in [-0.1, -0.05) is 18.2 Å². The van der Waals surface area contributed by atoms with Crippen molar-refractivity contribution in [3.05, 3.63) is 35.6 Å². The van der Waals surface area contributed by atoms with E-state index in [-0.39, 0.29) is 36.1 Å². The zero-order chi connectivity index (χ0) is 16.8. The maximum atomic E-state index is 13.5. The van der Waals surface area contributed by atoms with Gasteiger partial charge in [0.1, 0.15) is 5.82 Å². The number of piperidine rings is 1. The van der Waals surface area contributed by atoms with Crippen molar-refractivity contribution >= 4 is 11.8 Å². The Balaban J connectivity index is 1.81. The fourth-order valence-corrected chi connectivity index (χ4v) is 2.89. The first-order chi connectivity index (χ1) is 11.0. The van der Waals surface area contributed by atoms with E-state index in [4.69, 9.17) is 0 Å². The van der Waals surface area contributed by atoms with Crippen LogP contribution in [0, 0.1) is 11.7 Å². The number of hydrogen-bond acceptors (Lipinski definition) is 3. The Bertz CT molecular complexity index is 557. The van der Waals surface area contributed by atoms with Crippen LogP contribution in [0.25, 0.3) is 0 Å². The summed E-state index contributed by atoms with van der Waals surface area (Å²) >= 11 is 0. The molecule has 2 N–H and O–H groups in total. The van der Waals surface area contributed by atoms with Crippen LogP contribution in [-0.4, -0.2) is 42.9 Å². The standard InChI is InChI=1S/C17H24FN3O2/c1-12(21-9-7-13(8-10-21)17(23)19-2)16(22)20-11-14-5-3-4-6-15(14)18/h3-6,12-13H,7-11H2,1-2H3,(H,19,23)(H,20,22). The normalized spacial score (nSPS) is 17.5. The second-order valence-electron chi connectivity index (χ2n) is 5.91. The molecule has 0 bridgehead atoms. The van der Waals surface area contributed by atoms with E-state index in [1.807, 2.05) is 6.92 Å². The number of benzene rings is 1. The Morgan fingerprint density at radius 2 is 1.96 bits per heavy atom. The van der Waals surface area contributed by atoms with Crippen molar-refractivity contribution in [3.8, 4) is 0 Å². The minimum absolute atomic E-state index is 0.0323. The van der Waals surface area contributed by atoms with Crippen LogP contribution in [-0.2, 0) is 16.1 Å². The van der Waals surface area contributed by atoms with E-state index in [0.29, 0.717) is 18.7 Å². The molecule has 0 spiro atoms. The first-order valence-corrected chi connectivity index (χ1v) is 7.99. The van der Waals surface area contributed by atoms with Crippen molar-refractivity contribution in [2.75, 3.05) is 20.1 Å². The summed E-state index contributed by atoms with van der Waals surface area (Å²) in [6.45, 7) is 3.46. The van der Waals surface area contributed by atoms with Gasteiger partial charge in [0.15, 0.2) is 0 Å². The van der Waals surface area contributed by atoms with E-state index in [1.165, 1.54) is 6.07 Å². The molecule has 23 heavy (non-hydrogen) atoms. The summed E-state index contributed by atoms with van der Waals surface area (Å²) in [5, 5.41) is 5.46. The quantitative estimate of drug-likeness (QED) is 0.859. The molecule has 126 valence electrons. The highest BCUT2D eigenvalue weighted by Gasteiger charge is 2.29. The van der Waals surface area contributed by atoms with Crippen LogP contribution in [0.4, 0.5) is 4.39 Å². The number of halogens is 1. The van der Waals surface area contributed by atoms with E-state index in [2.05, 4.69) is 15.5 Å². The van der Waals surface area contributed by atoms with E-state index >= 15 is 0 Å². The molecule has 1 aliphatic rings. The second kappa shape index (κ2) is 8.06. The second-order valence-corrected chi connectivity index (χ2v) is 5.91. The average molecular weight is 321 g/mol. The highest BCUT2D eigenvalue weighted by Crippen LogP contribution is 2.19. The molecule has 1 aliphatic heterocycles. The Kier molecular flexibility index (Phi) is 6.10. The molecule has 1 fully saturated rings. The molecule has 2 rings (SSSR count). The summed E-state index contributed by atoms with van der Waals surface area (Å²) in [5.41, 5.74) is 0.478. The third-order valence-corrected chi connectivity index (χ3v) is 4.48. The largest absolute Gasteiger partial charge is 0.359 e. The molecular weight excluding hydrogens is 297 g/mol. The van der Waals surface area contributed by atoms with Gasteiger partial charge < -0.3 is 10.6 Å². The number of amides is 2. The van der Waals surface area contributed by atoms with Gasteiger partial charge in [-0.2, -0.15) is 0 Å². The molecule has 0 aliphatic carbocycles. The van der Waals surface area contributed by atoms with Gasteiger partial charge >= 0.3 is 0 Å². The SMILES string of the molecule is CNC(=O)C1CCN(C(C)C(=O)NCc2ccccc2F)CC1. The molecule has 0 aromatic heterocycles. The van der Waals surface area contributed by atoms with E-state index in [0.717, 1.165) is 12.8 Å². The van der Waals surface area contributed by atoms with Crippen molar-refractivity contribution in [2.24, 2.45) is 5.92 Å². The molecule has 0 saturated carbocycles. The van der Waals surface area contributed by atoms with Crippen LogP contribution < -0.4 is 10.6 Å². The molecular formula is C17H24FN3O2. The first kappa shape index (κ1) is 17.4. The summed E-state index contributed by atoms with van der Waals surface area (Å²) in [7, 11) is 1.65. The first-order valence-electron chi connectivity index (χ1n) is 7.99. The molecule has 1 atom stereocenters. The predicted octanol–water partition coefficient (Wildman–Crippen LogP) is 1.29. The Morgan fingerprint density at radius 1 is 1.30 bits per heavy atom. The van der Waals surface area contributed by atoms with Crippen molar-refractivity contribution in [1.82, 2.24) is 15.5 Å². The minimum atomic E-state index is -0.313. The third-order valence-electron chi connectivity index (χ3n) is 4.48. The number of likely N-dealkylation sites (tertiary alicyclic amines) is 1. The van der Waals surface area contributed by atoms with Crippen LogP contribution >= 0.6 is 0 Å². The molecule has 1 aromatic rings. The maximum Gasteiger partial charge on any atom is 0.237 e. The van der Waals surface area contributed by atoms with E-state index in [1.54, 1.807) is 25.2 Å². The molecule has 1 unspecified atom stereocenters. The minimum Gasteiger partial charge on any atom is -0.359 e. The molecule has 6 heteroatoms. The van der Waals surface area contributed by atoms with Gasteiger partial charge in [-0.25, -0.2) is 4.39 Å². The van der Waals surface area contributed by atoms with Gasteiger partial charge in [0.05, 0.1) is 6.04 Å². The predicted molar refractivity (Wildman–Crippen MR) is 86.1 cm³/mol. The average Bonchev–Trinajstić information content (AvgIpc) is 2.59. The van der Waals surface area contributed by atoms with Crippen LogP contribution in [0.5, 0.6) is 0 Å². The Morgan fingerprint density at radius 3 is 2.57 bits per heavy atom. The summed E-state index contributed by atoms with van der Waals surface area (Å²) < 4.78 is 13.5. The highest BCUT2D eigenvalue weighted by molar-refractivity contribution is 5.81. The van der Waals surface area contributed by atoms with Gasteiger partial charge in [-0.05, 0) is 38.9 Å². The smallest absolute Gasteiger partial charge is 0.237 e. The lowest BCUT2D eigenvalue weighted by Crippen LogP contribution is -2.49. The molecule has 1 aromatic carbocycles. The highest BCUT2D eigenvalue weighted by atomic mass is 19.1. The van der Waals surface area contributed by atoms with Crippen LogP contribution in [0.3, 0.4) is 0 Å². The van der Waals surface area contributed by atoms with Crippen molar-refractivity contribution in [1.29, 1.82) is 0 Å². The van der Waals surface area contributed by atoms with Crippen molar-refractivity contribution in [3.63, 3.8) is 0 Å². The van der Waals surface area contributed by atoms with Gasteiger partial charge in [0.25, 0.3) is 0 Å². The monoisotopic (exact) mass is 321 g/mol. The number of rotatable bonds is 5. The zero-order valence-electron chi connectivity index (χ0n) is 13.6. The third kappa shape index (κ3) is 4.51. The van der Waals surface area contributed by atoms with Gasteiger partial charge in [0.2, 0.25) is 11.8 Å². The topological polar surface area (TPSA) is 61.4 Å². The fourth-order valence-electron chi connectivity index (χ4n) is 2.89. The number of carbonyl (C=O) groups is 2. The van der Waals surface area contributed by atoms with E-state index < -0.39 is 0 Å². The summed E-state index contributed by atoms with van der Waals surface area (Å²) in [6, 6.07) is 6.13. The lowest BCUT2D eigenvalue weighted by molar-refractivity contribution is -0.128. The Labute approximate surface area is 136 Å². The molecule has 1 heterocycles. The van der Waals surface area contributed by atoms with Crippen LogP contribution in [0.2, 0.25) is 0 Å². The molecule has 2 amide bonds. The Hall–Kier alpha value is -1.95. The summed E-state index contributed by atoms with van der Waals surface area (Å²) in [6.07, 6.45) is 1.51. The van der Waals surface area contributed by atoms with Crippen LogP contribution in [0.1, 0.15) is 25.3 Å². The number of nitrogens with one attached hydrogen (secondary N) is 2. The zero-order valence-corrected chi connectivity index (χ0v) is 13.6. The van der Waals surface area contributed by atoms with Gasteiger partial charge in [-0.3, -0.25) is 14.5 Å². The summed E-state index contributed by atoms with van der Waals surface area (Å²) in [4.78, 5) is 25.9. The lowest BCUT2D eigenvalue weighted by Gasteiger charge is -2.34. The number of hydrogen-bond donors (Lipinski definition) is 2. The van der Waals surface area contributed by atoms with Crippen molar-refractivity contribution in [2.45, 2.75) is 32.4 Å². The number of nitrogens with zero attached hydrogens (tertiary/aromatic N) is 1. The maximum absolute atomic E-state index is 13.5. The van der Waals surface area contributed by atoms with E-state index in [9.17, 15) is 14.0 Å². The van der Waals surface area contributed by atoms with Gasteiger partial charge in [-0.15, -0.1) is 0 Å². The molecule has 1 saturated heterocycles. The summed E-state index contributed by atoms with van der Waals surface area (Å²) in [5.74, 6) is -0.329. The molecule has 0 radical (unpaired) electrons. The van der Waals surface area contributed by atoms with Crippen molar-refractivity contribution < 1.29 is 14.0 Å². The number of carbonyl (C=O) groups excluding carboxylic acids is 2. The molecule has 5 nitrogen and oxygen atoms in total.